The maximum Gasteiger partial charge on any atom is 0.437 e. The lowest BCUT2D eigenvalue weighted by Crippen LogP contribution is -2.41. The molecule has 0 saturated carbocycles. The van der Waals surface area contributed by atoms with Crippen molar-refractivity contribution >= 4 is 5.69 Å². The van der Waals surface area contributed by atoms with Crippen molar-refractivity contribution in [3.05, 3.63) is 29.8 Å². The van der Waals surface area contributed by atoms with Gasteiger partial charge in [-0.25, -0.2) is 0 Å². The van der Waals surface area contributed by atoms with Crippen LogP contribution in [0.5, 0.6) is 0 Å². The van der Waals surface area contributed by atoms with Gasteiger partial charge in [0.05, 0.1) is 0 Å². The Morgan fingerprint density at radius 1 is 1.32 bits per heavy atom. The largest absolute Gasteiger partial charge is 0.437 e. The second-order valence-electron chi connectivity index (χ2n) is 6.21. The van der Waals surface area contributed by atoms with Crippen molar-refractivity contribution in [3.63, 3.8) is 0 Å². The summed E-state index contributed by atoms with van der Waals surface area (Å²) < 4.78 is 38.8. The second-order valence-corrected chi connectivity index (χ2v) is 6.21. The maximum absolute atomic E-state index is 12.9. The zero-order valence-electron chi connectivity index (χ0n) is 12.2. The number of alkyl halides is 3. The minimum atomic E-state index is -4.36. The summed E-state index contributed by atoms with van der Waals surface area (Å²) in [6, 6.07) is 7.62. The third-order valence-electron chi connectivity index (χ3n) is 4.33. The number of nitrogen functional groups attached to an aromatic ring is 1. The quantitative estimate of drug-likeness (QED) is 0.864. The molecule has 1 fully saturated rings. The fraction of sp³-hybridized carbons (Fsp3) is 0.600. The van der Waals surface area contributed by atoms with E-state index in [1.54, 1.807) is 0 Å². The Balaban J connectivity index is 1.58. The van der Waals surface area contributed by atoms with E-state index in [2.05, 4.69) is 15.1 Å². The van der Waals surface area contributed by atoms with Gasteiger partial charge in [0, 0.05) is 25.2 Å². The van der Waals surface area contributed by atoms with Crippen molar-refractivity contribution in [3.8, 4) is 0 Å². The molecule has 3 rings (SSSR count). The van der Waals surface area contributed by atoms with Crippen LogP contribution in [0.25, 0.3) is 0 Å². The highest BCUT2D eigenvalue weighted by Crippen LogP contribution is 2.49. The number of anilines is 1. The van der Waals surface area contributed by atoms with E-state index in [1.807, 2.05) is 24.3 Å². The first-order valence-electron chi connectivity index (χ1n) is 7.45. The van der Waals surface area contributed by atoms with Gasteiger partial charge in [-0.3, -0.25) is 4.90 Å². The van der Waals surface area contributed by atoms with Crippen LogP contribution in [0.1, 0.15) is 24.8 Å². The standard InChI is InChI=1S/C15H19F3N4/c16-15(17,18)14(20-21-14)8-12-4-2-6-22(10-12)9-11-3-1-5-13(19)7-11/h1,3,5,7,12H,2,4,6,8-10,19H2. The van der Waals surface area contributed by atoms with Crippen molar-refractivity contribution in [2.75, 3.05) is 18.8 Å². The molecule has 2 aliphatic rings. The van der Waals surface area contributed by atoms with Gasteiger partial charge in [0.2, 0.25) is 0 Å². The number of benzene rings is 1. The predicted octanol–water partition coefficient (Wildman–Crippen LogP) is 3.60. The van der Waals surface area contributed by atoms with E-state index in [9.17, 15) is 13.2 Å². The number of nitrogens with zero attached hydrogens (tertiary/aromatic N) is 3. The van der Waals surface area contributed by atoms with Crippen molar-refractivity contribution in [2.24, 2.45) is 16.1 Å². The van der Waals surface area contributed by atoms with E-state index >= 15 is 0 Å². The van der Waals surface area contributed by atoms with Gasteiger partial charge in [-0.05, 0) is 43.0 Å². The maximum atomic E-state index is 12.9. The van der Waals surface area contributed by atoms with Gasteiger partial charge < -0.3 is 5.73 Å². The minimum absolute atomic E-state index is 0.0218. The molecule has 1 saturated heterocycles. The number of rotatable bonds is 4. The molecule has 0 aromatic heterocycles. The van der Waals surface area contributed by atoms with Crippen LogP contribution in [0.3, 0.4) is 0 Å². The number of hydrogen-bond acceptors (Lipinski definition) is 4. The Morgan fingerprint density at radius 3 is 2.73 bits per heavy atom. The number of likely N-dealkylation sites (tertiary alicyclic amines) is 1. The molecule has 2 aliphatic heterocycles. The number of halogens is 3. The summed E-state index contributed by atoms with van der Waals surface area (Å²) in [7, 11) is 0. The SMILES string of the molecule is Nc1cccc(CN2CCCC(CC3(C(F)(F)F)N=N3)C2)c1. The molecule has 120 valence electrons. The molecule has 1 atom stereocenters. The Morgan fingerprint density at radius 2 is 2.09 bits per heavy atom. The van der Waals surface area contributed by atoms with E-state index in [-0.39, 0.29) is 12.3 Å². The van der Waals surface area contributed by atoms with Crippen LogP contribution in [0.4, 0.5) is 18.9 Å². The minimum Gasteiger partial charge on any atom is -0.399 e. The summed E-state index contributed by atoms with van der Waals surface area (Å²) >= 11 is 0. The van der Waals surface area contributed by atoms with Crippen LogP contribution >= 0.6 is 0 Å². The van der Waals surface area contributed by atoms with Crippen molar-refractivity contribution in [1.82, 2.24) is 4.90 Å². The molecule has 0 bridgehead atoms. The summed E-state index contributed by atoms with van der Waals surface area (Å²) in [4.78, 5) is 2.19. The van der Waals surface area contributed by atoms with Crippen LogP contribution in [0.15, 0.2) is 34.5 Å². The molecule has 7 heteroatoms. The van der Waals surface area contributed by atoms with Gasteiger partial charge in [0.25, 0.3) is 5.66 Å². The third kappa shape index (κ3) is 3.24. The molecule has 0 spiro atoms. The van der Waals surface area contributed by atoms with Gasteiger partial charge in [-0.2, -0.15) is 13.2 Å². The van der Waals surface area contributed by atoms with Gasteiger partial charge in [-0.15, -0.1) is 10.2 Å². The molecule has 1 aromatic rings. The normalized spacial score (nSPS) is 24.4. The Hall–Kier alpha value is -1.63. The number of hydrogen-bond donors (Lipinski definition) is 1. The molecule has 4 nitrogen and oxygen atoms in total. The van der Waals surface area contributed by atoms with Gasteiger partial charge >= 0.3 is 6.18 Å². The van der Waals surface area contributed by atoms with E-state index in [0.717, 1.165) is 31.5 Å². The summed E-state index contributed by atoms with van der Waals surface area (Å²) in [6.07, 6.45) is -2.68. The van der Waals surface area contributed by atoms with Crippen LogP contribution in [-0.4, -0.2) is 29.8 Å². The fourth-order valence-electron chi connectivity index (χ4n) is 3.18. The van der Waals surface area contributed by atoms with Crippen LogP contribution < -0.4 is 5.73 Å². The smallest absolute Gasteiger partial charge is 0.399 e. The van der Waals surface area contributed by atoms with Crippen molar-refractivity contribution in [1.29, 1.82) is 0 Å². The highest BCUT2D eigenvalue weighted by molar-refractivity contribution is 5.40. The topological polar surface area (TPSA) is 54.0 Å². The van der Waals surface area contributed by atoms with Crippen LogP contribution in [0, 0.1) is 5.92 Å². The molecule has 2 heterocycles. The number of nitrogens with two attached hydrogens (primary N) is 1. The molecule has 0 amide bonds. The summed E-state index contributed by atoms with van der Waals surface area (Å²) in [5.41, 5.74) is 5.44. The van der Waals surface area contributed by atoms with Gasteiger partial charge in [0.15, 0.2) is 0 Å². The van der Waals surface area contributed by atoms with Gasteiger partial charge in [-0.1, -0.05) is 12.1 Å². The molecule has 22 heavy (non-hydrogen) atoms. The first-order chi connectivity index (χ1) is 10.4. The van der Waals surface area contributed by atoms with E-state index in [0.29, 0.717) is 12.2 Å². The monoisotopic (exact) mass is 312 g/mol. The lowest BCUT2D eigenvalue weighted by atomic mass is 9.89. The first-order valence-corrected chi connectivity index (χ1v) is 7.45. The Labute approximate surface area is 127 Å². The third-order valence-corrected chi connectivity index (χ3v) is 4.33. The van der Waals surface area contributed by atoms with Crippen molar-refractivity contribution in [2.45, 2.75) is 37.6 Å². The highest BCUT2D eigenvalue weighted by atomic mass is 19.4. The molecule has 1 aromatic carbocycles. The average molecular weight is 312 g/mol. The van der Waals surface area contributed by atoms with Crippen LogP contribution in [0.2, 0.25) is 0 Å². The van der Waals surface area contributed by atoms with E-state index in [4.69, 9.17) is 5.73 Å². The van der Waals surface area contributed by atoms with E-state index in [1.165, 1.54) is 0 Å². The molecule has 2 N–H and O–H groups in total. The lowest BCUT2D eigenvalue weighted by Gasteiger charge is -2.34. The Kier molecular flexibility index (Phi) is 3.84. The molecular weight excluding hydrogens is 293 g/mol. The first kappa shape index (κ1) is 15.3. The lowest BCUT2D eigenvalue weighted by molar-refractivity contribution is -0.168. The highest BCUT2D eigenvalue weighted by Gasteiger charge is 2.64. The molecular formula is C15H19F3N4. The number of piperidine rings is 1. The second kappa shape index (κ2) is 5.53. The zero-order chi connectivity index (χ0) is 15.8. The van der Waals surface area contributed by atoms with E-state index < -0.39 is 11.8 Å². The molecule has 0 aliphatic carbocycles. The zero-order valence-corrected chi connectivity index (χ0v) is 12.2. The summed E-state index contributed by atoms with van der Waals surface area (Å²) in [6.45, 7) is 2.27. The Bertz CT molecular complexity index is 564. The van der Waals surface area contributed by atoms with Crippen LogP contribution in [-0.2, 0) is 6.54 Å². The van der Waals surface area contributed by atoms with Crippen molar-refractivity contribution < 1.29 is 13.2 Å². The summed E-state index contributed by atoms with van der Waals surface area (Å²) in [5, 5.41) is 6.57. The fourth-order valence-corrected chi connectivity index (χ4v) is 3.18. The molecule has 0 radical (unpaired) electrons. The van der Waals surface area contributed by atoms with Gasteiger partial charge in [0.1, 0.15) is 0 Å². The average Bonchev–Trinajstić information content (AvgIpc) is 3.19. The molecule has 1 unspecified atom stereocenters. The predicted molar refractivity (Wildman–Crippen MR) is 77.1 cm³/mol. The summed E-state index contributed by atoms with van der Waals surface area (Å²) in [5.74, 6) is -0.0218.